The van der Waals surface area contributed by atoms with Gasteiger partial charge in [-0.1, -0.05) is 18.2 Å². The Morgan fingerprint density at radius 1 is 1.25 bits per heavy atom. The monoisotopic (exact) mass is 273 g/mol. The molecule has 1 aromatic carbocycles. The van der Waals surface area contributed by atoms with Gasteiger partial charge in [0.2, 0.25) is 0 Å². The van der Waals surface area contributed by atoms with Gasteiger partial charge in [0.1, 0.15) is 11.6 Å². The highest BCUT2D eigenvalue weighted by molar-refractivity contribution is 5.35. The lowest BCUT2D eigenvalue weighted by Gasteiger charge is -2.19. The fourth-order valence-electron chi connectivity index (χ4n) is 2.12. The molecule has 0 aliphatic rings. The first kappa shape index (κ1) is 14.6. The third-order valence-electron chi connectivity index (χ3n) is 3.24. The highest BCUT2D eigenvalue weighted by Crippen LogP contribution is 2.25. The third kappa shape index (κ3) is 3.61. The zero-order chi connectivity index (χ0) is 14.5. The van der Waals surface area contributed by atoms with E-state index in [2.05, 4.69) is 23.3 Å². The van der Waals surface area contributed by atoms with Gasteiger partial charge in [-0.15, -0.1) is 0 Å². The standard InChI is InChI=1S/C16H23N3O/c1-12(2)20-15-8-6-5-7-14(15)13(3)18-11-16-17-9-10-19(16)4/h5-10,12-13,18H,11H2,1-4H3. The second kappa shape index (κ2) is 6.57. The molecular formula is C16H23N3O. The Morgan fingerprint density at radius 2 is 2.00 bits per heavy atom. The summed E-state index contributed by atoms with van der Waals surface area (Å²) in [5, 5.41) is 3.49. The maximum absolute atomic E-state index is 5.87. The minimum absolute atomic E-state index is 0.179. The molecule has 4 heteroatoms. The molecule has 0 aliphatic heterocycles. The van der Waals surface area contributed by atoms with E-state index >= 15 is 0 Å². The lowest BCUT2D eigenvalue weighted by molar-refractivity contribution is 0.238. The van der Waals surface area contributed by atoms with Crippen molar-refractivity contribution >= 4 is 0 Å². The SMILES string of the molecule is CC(C)Oc1ccccc1C(C)NCc1nccn1C. The zero-order valence-electron chi connectivity index (χ0n) is 12.6. The van der Waals surface area contributed by atoms with Crippen LogP contribution in [0, 0.1) is 0 Å². The van der Waals surface area contributed by atoms with E-state index in [0.29, 0.717) is 0 Å². The van der Waals surface area contributed by atoms with E-state index in [1.165, 1.54) is 5.56 Å². The molecule has 20 heavy (non-hydrogen) atoms. The van der Waals surface area contributed by atoms with Crippen LogP contribution < -0.4 is 10.1 Å². The van der Waals surface area contributed by atoms with Gasteiger partial charge in [-0.2, -0.15) is 0 Å². The van der Waals surface area contributed by atoms with Crippen molar-refractivity contribution in [3.63, 3.8) is 0 Å². The lowest BCUT2D eigenvalue weighted by atomic mass is 10.1. The normalized spacial score (nSPS) is 12.7. The Labute approximate surface area is 120 Å². The molecule has 4 nitrogen and oxygen atoms in total. The van der Waals surface area contributed by atoms with Crippen molar-refractivity contribution in [3.05, 3.63) is 48.0 Å². The summed E-state index contributed by atoms with van der Waals surface area (Å²) in [6.07, 6.45) is 3.95. The summed E-state index contributed by atoms with van der Waals surface area (Å²) in [4.78, 5) is 4.32. The number of hydrogen-bond donors (Lipinski definition) is 1. The van der Waals surface area contributed by atoms with Crippen molar-refractivity contribution in [1.29, 1.82) is 0 Å². The first-order valence-corrected chi connectivity index (χ1v) is 7.03. The lowest BCUT2D eigenvalue weighted by Crippen LogP contribution is -2.21. The maximum Gasteiger partial charge on any atom is 0.124 e. The van der Waals surface area contributed by atoms with E-state index in [-0.39, 0.29) is 12.1 Å². The number of imidazole rings is 1. The minimum Gasteiger partial charge on any atom is -0.491 e. The van der Waals surface area contributed by atoms with Crippen LogP contribution >= 0.6 is 0 Å². The molecule has 1 heterocycles. The number of hydrogen-bond acceptors (Lipinski definition) is 3. The van der Waals surface area contributed by atoms with Gasteiger partial charge in [0.05, 0.1) is 12.6 Å². The molecule has 0 saturated heterocycles. The van der Waals surface area contributed by atoms with Gasteiger partial charge in [0.15, 0.2) is 0 Å². The summed E-state index contributed by atoms with van der Waals surface area (Å²) in [5.74, 6) is 1.97. The van der Waals surface area contributed by atoms with E-state index < -0.39 is 0 Å². The minimum atomic E-state index is 0.179. The number of benzene rings is 1. The summed E-state index contributed by atoms with van der Waals surface area (Å²) >= 11 is 0. The van der Waals surface area contributed by atoms with Crippen molar-refractivity contribution in [1.82, 2.24) is 14.9 Å². The van der Waals surface area contributed by atoms with Crippen LogP contribution in [0.25, 0.3) is 0 Å². The van der Waals surface area contributed by atoms with Gasteiger partial charge in [-0.05, 0) is 26.8 Å². The van der Waals surface area contributed by atoms with Crippen LogP contribution in [0.4, 0.5) is 0 Å². The second-order valence-corrected chi connectivity index (χ2v) is 5.26. The first-order valence-electron chi connectivity index (χ1n) is 7.03. The van der Waals surface area contributed by atoms with Crippen molar-refractivity contribution in [2.75, 3.05) is 0 Å². The molecule has 1 N–H and O–H groups in total. The molecule has 0 saturated carbocycles. The van der Waals surface area contributed by atoms with E-state index in [1.54, 1.807) is 0 Å². The average Bonchev–Trinajstić information content (AvgIpc) is 2.81. The Bertz CT molecular complexity index is 548. The van der Waals surface area contributed by atoms with Crippen LogP contribution in [-0.2, 0) is 13.6 Å². The second-order valence-electron chi connectivity index (χ2n) is 5.26. The van der Waals surface area contributed by atoms with Gasteiger partial charge < -0.3 is 14.6 Å². The summed E-state index contributed by atoms with van der Waals surface area (Å²) in [7, 11) is 2.00. The van der Waals surface area contributed by atoms with Crippen molar-refractivity contribution in [2.45, 2.75) is 39.5 Å². The number of aryl methyl sites for hydroxylation is 1. The van der Waals surface area contributed by atoms with E-state index in [9.17, 15) is 0 Å². The number of aromatic nitrogens is 2. The molecule has 1 atom stereocenters. The number of rotatable bonds is 6. The molecule has 2 rings (SSSR count). The number of nitrogens with zero attached hydrogens (tertiary/aromatic N) is 2. The first-order chi connectivity index (χ1) is 9.58. The Kier molecular flexibility index (Phi) is 4.79. The van der Waals surface area contributed by atoms with E-state index in [0.717, 1.165) is 18.1 Å². The quantitative estimate of drug-likeness (QED) is 0.879. The van der Waals surface area contributed by atoms with Crippen LogP contribution in [0.5, 0.6) is 5.75 Å². The average molecular weight is 273 g/mol. The Balaban J connectivity index is 2.05. The topological polar surface area (TPSA) is 39.1 Å². The number of ether oxygens (including phenoxy) is 1. The molecule has 108 valence electrons. The van der Waals surface area contributed by atoms with Crippen LogP contribution in [0.15, 0.2) is 36.7 Å². The van der Waals surface area contributed by atoms with Crippen molar-refractivity contribution in [3.8, 4) is 5.75 Å². The van der Waals surface area contributed by atoms with E-state index in [4.69, 9.17) is 4.74 Å². The molecule has 0 spiro atoms. The molecule has 1 unspecified atom stereocenters. The molecule has 1 aromatic heterocycles. The van der Waals surface area contributed by atoms with Crippen LogP contribution in [0.2, 0.25) is 0 Å². The molecule has 0 bridgehead atoms. The largest absolute Gasteiger partial charge is 0.491 e. The highest BCUT2D eigenvalue weighted by atomic mass is 16.5. The molecule has 2 aromatic rings. The molecule has 0 fully saturated rings. The molecule has 0 amide bonds. The highest BCUT2D eigenvalue weighted by Gasteiger charge is 2.12. The zero-order valence-corrected chi connectivity index (χ0v) is 12.6. The maximum atomic E-state index is 5.87. The summed E-state index contributed by atoms with van der Waals surface area (Å²) in [5.41, 5.74) is 1.18. The predicted molar refractivity (Wildman–Crippen MR) is 80.7 cm³/mol. The predicted octanol–water partition coefficient (Wildman–Crippen LogP) is 3.06. The van der Waals surface area contributed by atoms with Crippen LogP contribution in [0.3, 0.4) is 0 Å². The van der Waals surface area contributed by atoms with Gasteiger partial charge in [0.25, 0.3) is 0 Å². The van der Waals surface area contributed by atoms with Crippen molar-refractivity contribution < 1.29 is 4.74 Å². The fraction of sp³-hybridized carbons (Fsp3) is 0.438. The van der Waals surface area contributed by atoms with Gasteiger partial charge in [-0.25, -0.2) is 4.98 Å². The number of para-hydroxylation sites is 1. The molecule has 0 radical (unpaired) electrons. The fourth-order valence-corrected chi connectivity index (χ4v) is 2.12. The van der Waals surface area contributed by atoms with Crippen LogP contribution in [0.1, 0.15) is 38.2 Å². The van der Waals surface area contributed by atoms with Gasteiger partial charge in [0, 0.05) is 31.0 Å². The Morgan fingerprint density at radius 3 is 2.65 bits per heavy atom. The Hall–Kier alpha value is -1.81. The molecule has 0 aliphatic carbocycles. The van der Waals surface area contributed by atoms with Crippen molar-refractivity contribution in [2.24, 2.45) is 7.05 Å². The van der Waals surface area contributed by atoms with Gasteiger partial charge >= 0.3 is 0 Å². The summed E-state index contributed by atoms with van der Waals surface area (Å²) < 4.78 is 7.89. The summed E-state index contributed by atoms with van der Waals surface area (Å²) in [6, 6.07) is 8.39. The third-order valence-corrected chi connectivity index (χ3v) is 3.24. The van der Waals surface area contributed by atoms with Crippen LogP contribution in [-0.4, -0.2) is 15.7 Å². The molecular weight excluding hydrogens is 250 g/mol. The number of nitrogens with one attached hydrogen (secondary N) is 1. The van der Waals surface area contributed by atoms with Gasteiger partial charge in [-0.3, -0.25) is 0 Å². The smallest absolute Gasteiger partial charge is 0.124 e. The van der Waals surface area contributed by atoms with E-state index in [1.807, 2.05) is 56.1 Å². The summed E-state index contributed by atoms with van der Waals surface area (Å²) in [6.45, 7) is 6.97.